The smallest absolute Gasteiger partial charge is 0.351 e. The molecule has 1 N–H and O–H groups in total. The van der Waals surface area contributed by atoms with Crippen LogP contribution in [-0.4, -0.2) is 11.1 Å². The summed E-state index contributed by atoms with van der Waals surface area (Å²) in [6.45, 7) is 5.85. The third kappa shape index (κ3) is 1.90. The summed E-state index contributed by atoms with van der Waals surface area (Å²) in [5.41, 5.74) is 1.15. The fourth-order valence-electron chi connectivity index (χ4n) is 1.96. The van der Waals surface area contributed by atoms with Gasteiger partial charge in [0.05, 0.1) is 0 Å². The predicted octanol–water partition coefficient (Wildman–Crippen LogP) is 2.92. The summed E-state index contributed by atoms with van der Waals surface area (Å²) >= 11 is 0. The maximum atomic E-state index is 11.6. The van der Waals surface area contributed by atoms with Gasteiger partial charge in [-0.25, -0.2) is 9.59 Å². The molecule has 0 aliphatic rings. The van der Waals surface area contributed by atoms with Crippen molar-refractivity contribution in [3.05, 3.63) is 45.3 Å². The highest BCUT2D eigenvalue weighted by Gasteiger charge is 2.16. The maximum absolute atomic E-state index is 11.6. The van der Waals surface area contributed by atoms with Crippen molar-refractivity contribution >= 4 is 16.9 Å². The Bertz CT molecular complexity index is 680. The summed E-state index contributed by atoms with van der Waals surface area (Å²) in [4.78, 5) is 22.5. The van der Waals surface area contributed by atoms with Crippen LogP contribution in [0.4, 0.5) is 0 Å². The van der Waals surface area contributed by atoms with Gasteiger partial charge in [-0.15, -0.1) is 0 Å². The first-order chi connectivity index (χ1) is 8.41. The van der Waals surface area contributed by atoms with Gasteiger partial charge < -0.3 is 9.52 Å². The zero-order valence-electron chi connectivity index (χ0n) is 10.5. The highest BCUT2D eigenvalue weighted by atomic mass is 16.4. The summed E-state index contributed by atoms with van der Waals surface area (Å²) < 4.78 is 5.19. The molecule has 0 spiro atoms. The van der Waals surface area contributed by atoms with Gasteiger partial charge in [0.15, 0.2) is 0 Å². The number of aromatic carboxylic acids is 1. The molecule has 1 heterocycles. The second-order valence-corrected chi connectivity index (χ2v) is 4.62. The molecule has 94 valence electrons. The van der Waals surface area contributed by atoms with Gasteiger partial charge in [-0.2, -0.15) is 0 Å². The van der Waals surface area contributed by atoms with Crippen LogP contribution in [0.2, 0.25) is 0 Å². The van der Waals surface area contributed by atoms with Gasteiger partial charge in [-0.3, -0.25) is 0 Å². The minimum absolute atomic E-state index is 0.201. The van der Waals surface area contributed by atoms with Crippen molar-refractivity contribution in [1.82, 2.24) is 0 Å². The van der Waals surface area contributed by atoms with Crippen LogP contribution in [-0.2, 0) is 0 Å². The molecule has 2 aromatic rings. The fraction of sp³-hybridized carbons (Fsp3) is 0.286. The summed E-state index contributed by atoms with van der Waals surface area (Å²) in [7, 11) is 0. The fourth-order valence-corrected chi connectivity index (χ4v) is 1.96. The van der Waals surface area contributed by atoms with E-state index >= 15 is 0 Å². The van der Waals surface area contributed by atoms with Crippen LogP contribution in [0, 0.1) is 6.92 Å². The Morgan fingerprint density at radius 2 is 2.00 bits per heavy atom. The van der Waals surface area contributed by atoms with E-state index in [0.717, 1.165) is 11.1 Å². The highest BCUT2D eigenvalue weighted by Crippen LogP contribution is 2.27. The highest BCUT2D eigenvalue weighted by molar-refractivity contribution is 5.93. The topological polar surface area (TPSA) is 67.5 Å². The van der Waals surface area contributed by atoms with Crippen LogP contribution in [0.1, 0.15) is 41.3 Å². The zero-order valence-corrected chi connectivity index (χ0v) is 10.5. The molecule has 0 saturated carbocycles. The summed E-state index contributed by atoms with van der Waals surface area (Å²) in [5, 5.41) is 9.61. The lowest BCUT2D eigenvalue weighted by atomic mass is 9.97. The zero-order chi connectivity index (χ0) is 13.4. The Morgan fingerprint density at radius 1 is 1.33 bits per heavy atom. The minimum Gasteiger partial charge on any atom is -0.477 e. The second kappa shape index (κ2) is 4.29. The van der Waals surface area contributed by atoms with Crippen LogP contribution >= 0.6 is 0 Å². The molecule has 0 atom stereocenters. The van der Waals surface area contributed by atoms with E-state index in [9.17, 15) is 9.59 Å². The van der Waals surface area contributed by atoms with Gasteiger partial charge in [0, 0.05) is 5.39 Å². The van der Waals surface area contributed by atoms with Crippen molar-refractivity contribution in [3.8, 4) is 0 Å². The van der Waals surface area contributed by atoms with Gasteiger partial charge in [-0.05, 0) is 30.0 Å². The Labute approximate surface area is 104 Å². The van der Waals surface area contributed by atoms with Crippen molar-refractivity contribution in [3.63, 3.8) is 0 Å². The van der Waals surface area contributed by atoms with Crippen molar-refractivity contribution in [2.24, 2.45) is 0 Å². The SMILES string of the molecule is Cc1ccc(C(C)C)c2oc(=O)c(C(=O)O)cc12. The van der Waals surface area contributed by atoms with Gasteiger partial charge in [0.25, 0.3) is 0 Å². The lowest BCUT2D eigenvalue weighted by Crippen LogP contribution is -2.13. The van der Waals surface area contributed by atoms with Crippen LogP contribution in [0.5, 0.6) is 0 Å². The first kappa shape index (κ1) is 12.4. The van der Waals surface area contributed by atoms with Crippen molar-refractivity contribution in [1.29, 1.82) is 0 Å². The van der Waals surface area contributed by atoms with E-state index in [0.29, 0.717) is 11.0 Å². The molecule has 0 aliphatic carbocycles. The molecule has 1 aromatic heterocycles. The van der Waals surface area contributed by atoms with Gasteiger partial charge in [-0.1, -0.05) is 26.0 Å². The van der Waals surface area contributed by atoms with Gasteiger partial charge >= 0.3 is 11.6 Å². The quantitative estimate of drug-likeness (QED) is 0.827. The lowest BCUT2D eigenvalue weighted by Gasteiger charge is -2.10. The van der Waals surface area contributed by atoms with Gasteiger partial charge in [0.2, 0.25) is 0 Å². The largest absolute Gasteiger partial charge is 0.477 e. The molecule has 2 rings (SSSR count). The van der Waals surface area contributed by atoms with Crippen LogP contribution in [0.15, 0.2) is 27.4 Å². The van der Waals surface area contributed by atoms with Crippen molar-refractivity contribution < 1.29 is 14.3 Å². The van der Waals surface area contributed by atoms with E-state index in [1.54, 1.807) is 0 Å². The Kier molecular flexibility index (Phi) is 2.95. The predicted molar refractivity (Wildman–Crippen MR) is 68.3 cm³/mol. The minimum atomic E-state index is -1.26. The van der Waals surface area contributed by atoms with Crippen LogP contribution in [0.25, 0.3) is 11.0 Å². The van der Waals surface area contributed by atoms with E-state index in [2.05, 4.69) is 0 Å². The lowest BCUT2D eigenvalue weighted by molar-refractivity contribution is 0.0692. The standard InChI is InChI=1S/C14H14O4/c1-7(2)9-5-4-8(3)10-6-11(13(15)16)14(17)18-12(9)10/h4-7H,1-3H3,(H,15,16). The van der Waals surface area contributed by atoms with Crippen LogP contribution in [0.3, 0.4) is 0 Å². The number of hydrogen-bond acceptors (Lipinski definition) is 3. The van der Waals surface area contributed by atoms with E-state index in [1.807, 2.05) is 32.9 Å². The number of carboxylic acids is 1. The number of hydrogen-bond donors (Lipinski definition) is 1. The van der Waals surface area contributed by atoms with E-state index in [-0.39, 0.29) is 11.5 Å². The summed E-state index contributed by atoms with van der Waals surface area (Å²) in [6, 6.07) is 5.21. The van der Waals surface area contributed by atoms with Crippen molar-refractivity contribution in [2.75, 3.05) is 0 Å². The number of fused-ring (bicyclic) bond motifs is 1. The van der Waals surface area contributed by atoms with E-state index in [1.165, 1.54) is 6.07 Å². The molecule has 4 nitrogen and oxygen atoms in total. The molecule has 1 aromatic carbocycles. The van der Waals surface area contributed by atoms with Crippen molar-refractivity contribution in [2.45, 2.75) is 26.7 Å². The Morgan fingerprint density at radius 3 is 2.56 bits per heavy atom. The molecular weight excluding hydrogens is 232 g/mol. The molecule has 0 bridgehead atoms. The number of carboxylic acid groups (broad SMARTS) is 1. The molecule has 0 amide bonds. The molecule has 0 saturated heterocycles. The number of benzene rings is 1. The summed E-state index contributed by atoms with van der Waals surface area (Å²) in [5.74, 6) is -1.06. The van der Waals surface area contributed by atoms with Crippen LogP contribution < -0.4 is 5.63 Å². The molecule has 4 heteroatoms. The first-order valence-corrected chi connectivity index (χ1v) is 5.72. The normalized spacial score (nSPS) is 11.1. The average molecular weight is 246 g/mol. The maximum Gasteiger partial charge on any atom is 0.351 e. The third-order valence-electron chi connectivity index (χ3n) is 3.00. The van der Waals surface area contributed by atoms with E-state index in [4.69, 9.17) is 9.52 Å². The number of carbonyl (C=O) groups is 1. The average Bonchev–Trinajstić information content (AvgIpc) is 2.27. The van der Waals surface area contributed by atoms with Gasteiger partial charge in [0.1, 0.15) is 11.1 Å². The molecule has 0 aliphatic heterocycles. The molecule has 0 unspecified atom stereocenters. The Balaban J connectivity index is 2.91. The number of aryl methyl sites for hydroxylation is 1. The first-order valence-electron chi connectivity index (χ1n) is 5.72. The molecule has 18 heavy (non-hydrogen) atoms. The Hall–Kier alpha value is -2.10. The molecule has 0 radical (unpaired) electrons. The van der Waals surface area contributed by atoms with E-state index < -0.39 is 11.6 Å². The third-order valence-corrected chi connectivity index (χ3v) is 3.00. The monoisotopic (exact) mass is 246 g/mol. The number of rotatable bonds is 2. The summed E-state index contributed by atoms with van der Waals surface area (Å²) in [6.07, 6.45) is 0. The molecule has 0 fully saturated rings. The molecular formula is C14H14O4. The second-order valence-electron chi connectivity index (χ2n) is 4.62.